The van der Waals surface area contributed by atoms with Crippen LogP contribution in [0.3, 0.4) is 0 Å². The largest absolute Gasteiger partial charge is 0.365 e. The number of rotatable bonds is 3. The molecule has 0 fully saturated rings. The van der Waals surface area contributed by atoms with Crippen molar-refractivity contribution in [2.45, 2.75) is 52.6 Å². The van der Waals surface area contributed by atoms with E-state index in [2.05, 4.69) is 89.0 Å². The normalized spacial score (nSPS) is 13.7. The summed E-state index contributed by atoms with van der Waals surface area (Å²) in [6.07, 6.45) is 0. The lowest BCUT2D eigenvalue weighted by molar-refractivity contribution is 0.337. The van der Waals surface area contributed by atoms with Gasteiger partial charge in [0.05, 0.1) is 5.54 Å². The Labute approximate surface area is 133 Å². The summed E-state index contributed by atoms with van der Waals surface area (Å²) < 4.78 is 4.61. The minimum Gasteiger partial charge on any atom is -0.365 e. The maximum Gasteiger partial charge on any atom is 0.292 e. The Kier molecular flexibility index (Phi) is 5.76. The zero-order valence-electron chi connectivity index (χ0n) is 14.7. The minimum atomic E-state index is -0.106. The van der Waals surface area contributed by atoms with Crippen molar-refractivity contribution in [2.75, 3.05) is 14.1 Å². The fraction of sp³-hybridized carbons (Fsp3) is 0.588. The smallest absolute Gasteiger partial charge is 0.292 e. The highest BCUT2D eigenvalue weighted by atomic mass is 28.2. The van der Waals surface area contributed by atoms with E-state index < -0.39 is 0 Å². The molecule has 0 heterocycles. The van der Waals surface area contributed by atoms with Crippen molar-refractivity contribution < 1.29 is 0 Å². The number of nitrogens with zero attached hydrogens (tertiary/aromatic N) is 3. The van der Waals surface area contributed by atoms with Gasteiger partial charge in [0.25, 0.3) is 9.84 Å². The fourth-order valence-electron chi connectivity index (χ4n) is 1.86. The van der Waals surface area contributed by atoms with Crippen molar-refractivity contribution >= 4 is 15.7 Å². The number of hydrogen-bond donors (Lipinski definition) is 0. The van der Waals surface area contributed by atoms with Crippen LogP contribution in [0.5, 0.6) is 0 Å². The molecule has 0 saturated carbocycles. The molecule has 0 aliphatic rings. The summed E-state index contributed by atoms with van der Waals surface area (Å²) in [4.78, 5) is 5.02. The maximum absolute atomic E-state index is 5.02. The van der Waals surface area contributed by atoms with E-state index in [1.807, 2.05) is 6.07 Å². The summed E-state index contributed by atoms with van der Waals surface area (Å²) in [7, 11) is 4.77. The summed E-state index contributed by atoms with van der Waals surface area (Å²) in [6, 6.07) is 10.5. The van der Waals surface area contributed by atoms with E-state index >= 15 is 0 Å². The van der Waals surface area contributed by atoms with Gasteiger partial charge in [0, 0.05) is 11.1 Å². The molecule has 3 nitrogen and oxygen atoms in total. The van der Waals surface area contributed by atoms with E-state index in [1.165, 1.54) is 5.56 Å². The molecular formula is C17H29N3Si. The predicted molar refractivity (Wildman–Crippen MR) is 93.8 cm³/mol. The second-order valence-electron chi connectivity index (χ2n) is 7.47. The average Bonchev–Trinajstić information content (AvgIpc) is 2.32. The van der Waals surface area contributed by atoms with Gasteiger partial charge < -0.3 is 9.13 Å². The topological polar surface area (TPSA) is 18.8 Å². The summed E-state index contributed by atoms with van der Waals surface area (Å²) in [5.41, 5.74) is 1.09. The molecule has 0 saturated heterocycles. The Balaban J connectivity index is 3.37. The molecule has 0 aromatic heterocycles. The molecule has 0 aliphatic heterocycles. The lowest BCUT2D eigenvalue weighted by Crippen LogP contribution is -2.53. The molecule has 116 valence electrons. The van der Waals surface area contributed by atoms with Gasteiger partial charge >= 0.3 is 0 Å². The lowest BCUT2D eigenvalue weighted by Gasteiger charge is -2.40. The van der Waals surface area contributed by atoms with Crippen molar-refractivity contribution in [2.24, 2.45) is 4.99 Å². The van der Waals surface area contributed by atoms with Crippen LogP contribution in [0.25, 0.3) is 0 Å². The number of amidine groups is 1. The van der Waals surface area contributed by atoms with Crippen LogP contribution in [0.15, 0.2) is 35.3 Å². The van der Waals surface area contributed by atoms with Crippen LogP contribution in [0.1, 0.15) is 47.1 Å². The van der Waals surface area contributed by atoms with Gasteiger partial charge in [0.2, 0.25) is 0 Å². The molecule has 0 atom stereocenters. The lowest BCUT2D eigenvalue weighted by atomic mass is 10.1. The Morgan fingerprint density at radius 1 is 0.952 bits per heavy atom. The van der Waals surface area contributed by atoms with Gasteiger partial charge in [-0.15, -0.1) is 0 Å². The van der Waals surface area contributed by atoms with Crippen molar-refractivity contribution in [3.05, 3.63) is 35.9 Å². The highest BCUT2D eigenvalue weighted by Crippen LogP contribution is 2.20. The fourth-order valence-corrected chi connectivity index (χ4v) is 2.84. The molecule has 0 unspecified atom stereocenters. The first-order valence-corrected chi connectivity index (χ1v) is 8.29. The molecule has 0 bridgehead atoms. The summed E-state index contributed by atoms with van der Waals surface area (Å²) in [6.45, 7) is 13.2. The Hall–Kier alpha value is -1.13. The molecule has 4 heteroatoms. The third-order valence-electron chi connectivity index (χ3n) is 2.66. The average molecular weight is 304 g/mol. The van der Waals surface area contributed by atoms with Gasteiger partial charge in [-0.3, -0.25) is 4.99 Å². The third-order valence-corrected chi connectivity index (χ3v) is 4.14. The van der Waals surface area contributed by atoms with E-state index in [9.17, 15) is 0 Å². The SMILES string of the molecule is CN(C)[Si]N(C(=NC(C)(C)C)c1ccccc1)C(C)(C)C. The highest BCUT2D eigenvalue weighted by Gasteiger charge is 2.28. The van der Waals surface area contributed by atoms with Gasteiger partial charge in [-0.2, -0.15) is 0 Å². The first kappa shape index (κ1) is 17.9. The van der Waals surface area contributed by atoms with Crippen molar-refractivity contribution in [3.8, 4) is 0 Å². The van der Waals surface area contributed by atoms with Crippen LogP contribution < -0.4 is 0 Å². The molecule has 0 aliphatic carbocycles. The van der Waals surface area contributed by atoms with Crippen molar-refractivity contribution in [3.63, 3.8) is 0 Å². The summed E-state index contributed by atoms with van der Waals surface area (Å²) in [5, 5.41) is 0. The molecule has 0 amide bonds. The van der Waals surface area contributed by atoms with E-state index in [0.717, 1.165) is 5.84 Å². The number of aliphatic imine (C=N–C) groups is 1. The standard InChI is InChI=1S/C17H29N3Si/c1-16(2,3)18-15(14-12-10-9-11-13-14)20(17(4,5)6)21-19(7)8/h9-13H,1-8H3. The number of hydrogen-bond acceptors (Lipinski definition) is 2. The van der Waals surface area contributed by atoms with Crippen LogP contribution in [-0.2, 0) is 0 Å². The molecule has 0 N–H and O–H groups in total. The second-order valence-corrected chi connectivity index (χ2v) is 9.01. The Bertz CT molecular complexity index is 467. The molecule has 2 radical (unpaired) electrons. The zero-order valence-corrected chi connectivity index (χ0v) is 15.7. The first-order valence-electron chi connectivity index (χ1n) is 7.40. The van der Waals surface area contributed by atoms with Gasteiger partial charge in [0.1, 0.15) is 5.84 Å². The molecule has 1 aromatic rings. The monoisotopic (exact) mass is 303 g/mol. The first-order chi connectivity index (χ1) is 9.50. The third kappa shape index (κ3) is 6.02. The van der Waals surface area contributed by atoms with Gasteiger partial charge in [-0.1, -0.05) is 30.3 Å². The Morgan fingerprint density at radius 2 is 1.48 bits per heavy atom. The molecule has 0 spiro atoms. The van der Waals surface area contributed by atoms with E-state index in [0.29, 0.717) is 9.84 Å². The van der Waals surface area contributed by atoms with Crippen LogP contribution in [-0.4, -0.2) is 50.0 Å². The quantitative estimate of drug-likeness (QED) is 0.484. The van der Waals surface area contributed by atoms with Crippen molar-refractivity contribution in [1.29, 1.82) is 0 Å². The predicted octanol–water partition coefficient (Wildman–Crippen LogP) is 3.43. The Morgan fingerprint density at radius 3 is 1.86 bits per heavy atom. The molecule has 1 aromatic carbocycles. The maximum atomic E-state index is 5.02. The second kappa shape index (κ2) is 6.75. The van der Waals surface area contributed by atoms with Gasteiger partial charge in [0.15, 0.2) is 0 Å². The summed E-state index contributed by atoms with van der Waals surface area (Å²) in [5.74, 6) is 1.07. The number of benzene rings is 1. The zero-order chi connectivity index (χ0) is 16.3. The van der Waals surface area contributed by atoms with Gasteiger partial charge in [-0.05, 0) is 55.6 Å². The van der Waals surface area contributed by atoms with Crippen LogP contribution in [0, 0.1) is 0 Å². The van der Waals surface area contributed by atoms with E-state index in [1.54, 1.807) is 0 Å². The van der Waals surface area contributed by atoms with Crippen LogP contribution in [0.4, 0.5) is 0 Å². The van der Waals surface area contributed by atoms with E-state index in [-0.39, 0.29) is 11.1 Å². The minimum absolute atomic E-state index is 0.0165. The van der Waals surface area contributed by atoms with Gasteiger partial charge in [-0.25, -0.2) is 0 Å². The van der Waals surface area contributed by atoms with Crippen LogP contribution in [0.2, 0.25) is 0 Å². The van der Waals surface area contributed by atoms with Crippen molar-refractivity contribution in [1.82, 2.24) is 9.13 Å². The molecule has 21 heavy (non-hydrogen) atoms. The highest BCUT2D eigenvalue weighted by molar-refractivity contribution is 6.36. The van der Waals surface area contributed by atoms with Crippen LogP contribution >= 0.6 is 0 Å². The molecular weight excluding hydrogens is 274 g/mol. The molecule has 1 rings (SSSR count). The summed E-state index contributed by atoms with van der Waals surface area (Å²) >= 11 is 0. The van der Waals surface area contributed by atoms with E-state index in [4.69, 9.17) is 4.99 Å².